The lowest BCUT2D eigenvalue weighted by molar-refractivity contribution is -0.121. The van der Waals surface area contributed by atoms with Crippen LogP contribution in [0.4, 0.5) is 5.82 Å². The van der Waals surface area contributed by atoms with E-state index in [0.717, 1.165) is 35.8 Å². The molecule has 0 bridgehead atoms. The summed E-state index contributed by atoms with van der Waals surface area (Å²) in [5.74, 6) is 1.82. The van der Waals surface area contributed by atoms with Crippen LogP contribution in [0.3, 0.4) is 0 Å². The number of hydrogen-bond donors (Lipinski definition) is 1. The molecule has 0 saturated carbocycles. The predicted octanol–water partition coefficient (Wildman–Crippen LogP) is 3.19. The highest BCUT2D eigenvalue weighted by atomic mass is 16.5. The molecule has 1 aromatic carbocycles. The minimum atomic E-state index is 0.0454. The normalized spacial score (nSPS) is 10.4. The molecule has 0 unspecified atom stereocenters. The van der Waals surface area contributed by atoms with Crippen LogP contribution in [0.25, 0.3) is 0 Å². The van der Waals surface area contributed by atoms with E-state index in [-0.39, 0.29) is 5.91 Å². The van der Waals surface area contributed by atoms with Crippen molar-refractivity contribution in [1.82, 2.24) is 10.3 Å². The first-order valence-electron chi connectivity index (χ1n) is 8.75. The van der Waals surface area contributed by atoms with Gasteiger partial charge in [-0.15, -0.1) is 0 Å². The molecule has 1 N–H and O–H groups in total. The molecule has 25 heavy (non-hydrogen) atoms. The Bertz CT molecular complexity index is 684. The average Bonchev–Trinajstić information content (AvgIpc) is 2.66. The summed E-state index contributed by atoms with van der Waals surface area (Å²) in [5.41, 5.74) is 2.16. The lowest BCUT2D eigenvalue weighted by Gasteiger charge is -2.20. The number of pyridine rings is 1. The standard InChI is InChI=1S/C20H27N3O2/c1-4-23(5-2)19-14-16(11-12-21-19)9-10-20(24)22-15-17-7-6-8-18(13-17)25-3/h6-8,11-14H,4-5,9-10,15H2,1-3H3,(H,22,24). The number of ether oxygens (including phenoxy) is 1. The largest absolute Gasteiger partial charge is 0.497 e. The van der Waals surface area contributed by atoms with Gasteiger partial charge in [0.15, 0.2) is 0 Å². The van der Waals surface area contributed by atoms with E-state index in [4.69, 9.17) is 4.74 Å². The number of carbonyl (C=O) groups is 1. The lowest BCUT2D eigenvalue weighted by Crippen LogP contribution is -2.24. The molecule has 0 atom stereocenters. The highest BCUT2D eigenvalue weighted by molar-refractivity contribution is 5.76. The fourth-order valence-electron chi connectivity index (χ4n) is 2.67. The van der Waals surface area contributed by atoms with E-state index in [2.05, 4.69) is 35.1 Å². The highest BCUT2D eigenvalue weighted by Gasteiger charge is 2.07. The van der Waals surface area contributed by atoms with Gasteiger partial charge >= 0.3 is 0 Å². The van der Waals surface area contributed by atoms with Crippen molar-refractivity contribution >= 4 is 11.7 Å². The molecule has 1 aromatic heterocycles. The van der Waals surface area contributed by atoms with Gasteiger partial charge in [-0.3, -0.25) is 4.79 Å². The molecule has 2 aromatic rings. The second-order valence-corrected chi connectivity index (χ2v) is 5.82. The first-order valence-corrected chi connectivity index (χ1v) is 8.75. The Balaban J connectivity index is 1.84. The smallest absolute Gasteiger partial charge is 0.220 e. The van der Waals surface area contributed by atoms with Crippen LogP contribution in [-0.4, -0.2) is 31.1 Å². The third-order valence-electron chi connectivity index (χ3n) is 4.16. The topological polar surface area (TPSA) is 54.5 Å². The first kappa shape index (κ1) is 18.8. The SMILES string of the molecule is CCN(CC)c1cc(CCC(=O)NCc2cccc(OC)c2)ccn1. The molecule has 0 fully saturated rings. The zero-order chi connectivity index (χ0) is 18.1. The summed E-state index contributed by atoms with van der Waals surface area (Å²) < 4.78 is 5.19. The molecule has 5 nitrogen and oxygen atoms in total. The molecule has 134 valence electrons. The van der Waals surface area contributed by atoms with Gasteiger partial charge in [-0.05, 0) is 55.7 Å². The number of rotatable bonds is 9. The molecule has 0 aliphatic carbocycles. The quantitative estimate of drug-likeness (QED) is 0.761. The Kier molecular flexibility index (Phi) is 7.26. The third-order valence-corrected chi connectivity index (χ3v) is 4.16. The Labute approximate surface area is 150 Å². The summed E-state index contributed by atoms with van der Waals surface area (Å²) in [7, 11) is 1.64. The molecule has 2 rings (SSSR count). The van der Waals surface area contributed by atoms with Crippen LogP contribution in [-0.2, 0) is 17.8 Å². The van der Waals surface area contributed by atoms with E-state index in [0.29, 0.717) is 19.4 Å². The number of carbonyl (C=O) groups excluding carboxylic acids is 1. The molecule has 0 spiro atoms. The number of benzene rings is 1. The van der Waals surface area contributed by atoms with Gasteiger partial charge in [-0.25, -0.2) is 4.98 Å². The van der Waals surface area contributed by atoms with Gasteiger partial charge in [-0.1, -0.05) is 12.1 Å². The second-order valence-electron chi connectivity index (χ2n) is 5.82. The molecule has 1 amide bonds. The molecule has 0 saturated heterocycles. The Morgan fingerprint density at radius 3 is 2.68 bits per heavy atom. The van der Waals surface area contributed by atoms with Crippen LogP contribution in [0.2, 0.25) is 0 Å². The van der Waals surface area contributed by atoms with Crippen molar-refractivity contribution in [3.8, 4) is 5.75 Å². The summed E-state index contributed by atoms with van der Waals surface area (Å²) in [6, 6.07) is 11.8. The van der Waals surface area contributed by atoms with Gasteiger partial charge < -0.3 is 15.0 Å². The summed E-state index contributed by atoms with van der Waals surface area (Å²) in [6.07, 6.45) is 2.99. The number of aromatic nitrogens is 1. The number of aryl methyl sites for hydroxylation is 1. The molecule has 0 aliphatic heterocycles. The van der Waals surface area contributed by atoms with Crippen molar-refractivity contribution in [1.29, 1.82) is 0 Å². The van der Waals surface area contributed by atoms with Crippen molar-refractivity contribution < 1.29 is 9.53 Å². The Hall–Kier alpha value is -2.56. The van der Waals surface area contributed by atoms with Gasteiger partial charge in [0.1, 0.15) is 11.6 Å². The lowest BCUT2D eigenvalue weighted by atomic mass is 10.1. The van der Waals surface area contributed by atoms with E-state index < -0.39 is 0 Å². The zero-order valence-electron chi connectivity index (χ0n) is 15.3. The molecule has 5 heteroatoms. The maximum absolute atomic E-state index is 12.1. The van der Waals surface area contributed by atoms with Gasteiger partial charge in [0.05, 0.1) is 7.11 Å². The van der Waals surface area contributed by atoms with E-state index in [1.54, 1.807) is 7.11 Å². The Morgan fingerprint density at radius 2 is 1.96 bits per heavy atom. The van der Waals surface area contributed by atoms with Gasteiger partial charge in [0.2, 0.25) is 5.91 Å². The number of amides is 1. The van der Waals surface area contributed by atoms with Crippen LogP contribution < -0.4 is 15.0 Å². The van der Waals surface area contributed by atoms with Crippen molar-refractivity contribution in [2.24, 2.45) is 0 Å². The average molecular weight is 341 g/mol. The fourth-order valence-corrected chi connectivity index (χ4v) is 2.67. The number of nitrogens with one attached hydrogen (secondary N) is 1. The number of anilines is 1. The summed E-state index contributed by atoms with van der Waals surface area (Å²) in [4.78, 5) is 18.7. The van der Waals surface area contributed by atoms with Crippen molar-refractivity contribution in [2.45, 2.75) is 33.2 Å². The summed E-state index contributed by atoms with van der Waals surface area (Å²) >= 11 is 0. The number of methoxy groups -OCH3 is 1. The first-order chi connectivity index (χ1) is 12.2. The summed E-state index contributed by atoms with van der Waals surface area (Å²) in [5, 5.41) is 2.96. The van der Waals surface area contributed by atoms with Crippen LogP contribution in [0.1, 0.15) is 31.4 Å². The molecular formula is C20H27N3O2. The molecular weight excluding hydrogens is 314 g/mol. The van der Waals surface area contributed by atoms with Crippen molar-refractivity contribution in [3.63, 3.8) is 0 Å². The zero-order valence-corrected chi connectivity index (χ0v) is 15.3. The Morgan fingerprint density at radius 1 is 1.16 bits per heavy atom. The minimum Gasteiger partial charge on any atom is -0.497 e. The van der Waals surface area contributed by atoms with E-state index in [1.807, 2.05) is 36.5 Å². The predicted molar refractivity (Wildman–Crippen MR) is 101 cm³/mol. The fraction of sp³-hybridized carbons (Fsp3) is 0.400. The highest BCUT2D eigenvalue weighted by Crippen LogP contribution is 2.14. The number of hydrogen-bond acceptors (Lipinski definition) is 4. The van der Waals surface area contributed by atoms with Crippen LogP contribution in [0.15, 0.2) is 42.6 Å². The molecule has 0 aliphatic rings. The monoisotopic (exact) mass is 341 g/mol. The number of nitrogens with zero attached hydrogens (tertiary/aromatic N) is 2. The van der Waals surface area contributed by atoms with E-state index in [1.165, 1.54) is 0 Å². The summed E-state index contributed by atoms with van der Waals surface area (Å²) in [6.45, 7) is 6.59. The van der Waals surface area contributed by atoms with Crippen LogP contribution in [0, 0.1) is 0 Å². The maximum Gasteiger partial charge on any atom is 0.220 e. The molecule has 1 heterocycles. The minimum absolute atomic E-state index is 0.0454. The maximum atomic E-state index is 12.1. The van der Waals surface area contributed by atoms with E-state index >= 15 is 0 Å². The van der Waals surface area contributed by atoms with Gasteiger partial charge in [0.25, 0.3) is 0 Å². The van der Waals surface area contributed by atoms with Gasteiger partial charge in [0, 0.05) is 32.3 Å². The van der Waals surface area contributed by atoms with Crippen LogP contribution in [0.5, 0.6) is 5.75 Å². The van der Waals surface area contributed by atoms with Crippen LogP contribution >= 0.6 is 0 Å². The molecule has 0 radical (unpaired) electrons. The van der Waals surface area contributed by atoms with E-state index in [9.17, 15) is 4.79 Å². The van der Waals surface area contributed by atoms with Crippen molar-refractivity contribution in [3.05, 3.63) is 53.7 Å². The van der Waals surface area contributed by atoms with Gasteiger partial charge in [-0.2, -0.15) is 0 Å². The van der Waals surface area contributed by atoms with Crippen molar-refractivity contribution in [2.75, 3.05) is 25.1 Å². The third kappa shape index (κ3) is 5.78. The second kappa shape index (κ2) is 9.67.